The van der Waals surface area contributed by atoms with Crippen molar-refractivity contribution in [3.8, 4) is 0 Å². The Kier molecular flexibility index (Phi) is 4.84. The van der Waals surface area contributed by atoms with Crippen LogP contribution in [-0.2, 0) is 6.54 Å². The molecule has 0 aliphatic heterocycles. The second-order valence-corrected chi connectivity index (χ2v) is 5.44. The number of benzene rings is 1. The van der Waals surface area contributed by atoms with Gasteiger partial charge < -0.3 is 10.6 Å². The monoisotopic (exact) mass is 335 g/mol. The smallest absolute Gasteiger partial charge is 0.276 e. The van der Waals surface area contributed by atoms with Crippen molar-refractivity contribution >= 4 is 17.5 Å². The van der Waals surface area contributed by atoms with Crippen molar-refractivity contribution in [3.05, 3.63) is 77.4 Å². The third-order valence-corrected chi connectivity index (χ3v) is 3.51. The van der Waals surface area contributed by atoms with E-state index in [4.69, 9.17) is 0 Å². The number of nitrogens with one attached hydrogen (secondary N) is 3. The third kappa shape index (κ3) is 4.08. The van der Waals surface area contributed by atoms with Crippen LogP contribution in [0.25, 0.3) is 0 Å². The van der Waals surface area contributed by atoms with Gasteiger partial charge in [-0.1, -0.05) is 18.2 Å². The highest BCUT2D eigenvalue weighted by atomic mass is 16.2. The van der Waals surface area contributed by atoms with Crippen LogP contribution in [0.2, 0.25) is 0 Å². The highest BCUT2D eigenvalue weighted by molar-refractivity contribution is 6.08. The van der Waals surface area contributed by atoms with Crippen molar-refractivity contribution in [2.24, 2.45) is 0 Å². The van der Waals surface area contributed by atoms with Crippen molar-refractivity contribution in [2.75, 3.05) is 5.32 Å². The first kappa shape index (κ1) is 16.4. The number of hydrogen-bond acceptors (Lipinski definition) is 4. The molecule has 0 saturated heterocycles. The lowest BCUT2D eigenvalue weighted by molar-refractivity contribution is 0.0951. The molecule has 1 aromatic carbocycles. The van der Waals surface area contributed by atoms with E-state index in [0.29, 0.717) is 17.8 Å². The molecule has 25 heavy (non-hydrogen) atoms. The van der Waals surface area contributed by atoms with Crippen LogP contribution in [0.4, 0.5) is 5.69 Å². The Morgan fingerprint density at radius 1 is 1.08 bits per heavy atom. The van der Waals surface area contributed by atoms with Gasteiger partial charge in [-0.25, -0.2) is 0 Å². The average Bonchev–Trinajstić information content (AvgIpc) is 3.07. The Morgan fingerprint density at radius 2 is 1.88 bits per heavy atom. The molecule has 0 bridgehead atoms. The number of pyridine rings is 1. The van der Waals surface area contributed by atoms with Gasteiger partial charge in [-0.15, -0.1) is 0 Å². The number of aromatic nitrogens is 3. The highest BCUT2D eigenvalue weighted by Crippen LogP contribution is 2.16. The summed E-state index contributed by atoms with van der Waals surface area (Å²) < 4.78 is 0. The largest absolute Gasteiger partial charge is 0.346 e. The number of rotatable bonds is 5. The molecule has 0 fully saturated rings. The van der Waals surface area contributed by atoms with Crippen molar-refractivity contribution in [2.45, 2.75) is 13.5 Å². The number of hydrogen-bond donors (Lipinski definition) is 3. The fourth-order valence-electron chi connectivity index (χ4n) is 2.28. The molecule has 0 radical (unpaired) electrons. The van der Waals surface area contributed by atoms with Crippen molar-refractivity contribution in [1.82, 2.24) is 20.5 Å². The van der Waals surface area contributed by atoms with Gasteiger partial charge in [0.05, 0.1) is 23.5 Å². The van der Waals surface area contributed by atoms with E-state index >= 15 is 0 Å². The van der Waals surface area contributed by atoms with Gasteiger partial charge in [0.1, 0.15) is 0 Å². The van der Waals surface area contributed by atoms with Gasteiger partial charge >= 0.3 is 0 Å². The fraction of sp³-hybridized carbons (Fsp3) is 0.111. The standard InChI is InChI=1S/C18H17N5O2/c1-12-10-16(23-22-12)18(25)21-15-8-3-2-7-14(15)17(24)20-11-13-6-4-5-9-19-13/h2-10H,11H2,1H3,(H,20,24)(H,21,25)(H,22,23). The van der Waals surface area contributed by atoms with E-state index in [9.17, 15) is 9.59 Å². The lowest BCUT2D eigenvalue weighted by Gasteiger charge is -2.10. The van der Waals surface area contributed by atoms with Gasteiger partial charge in [-0.3, -0.25) is 19.7 Å². The quantitative estimate of drug-likeness (QED) is 0.666. The lowest BCUT2D eigenvalue weighted by atomic mass is 10.1. The maximum atomic E-state index is 12.4. The Balaban J connectivity index is 1.71. The van der Waals surface area contributed by atoms with Crippen LogP contribution in [0, 0.1) is 6.92 Å². The van der Waals surface area contributed by atoms with Gasteiger partial charge in [-0.2, -0.15) is 5.10 Å². The average molecular weight is 335 g/mol. The summed E-state index contributed by atoms with van der Waals surface area (Å²) in [5, 5.41) is 12.2. The predicted octanol–water partition coefficient (Wildman–Crippen LogP) is 2.30. The number of para-hydroxylation sites is 1. The number of carbonyl (C=O) groups excluding carboxylic acids is 2. The molecular formula is C18H17N5O2. The number of aromatic amines is 1. The van der Waals surface area contributed by atoms with E-state index in [1.165, 1.54) is 0 Å². The predicted molar refractivity (Wildman–Crippen MR) is 93.1 cm³/mol. The van der Waals surface area contributed by atoms with Gasteiger partial charge in [-0.05, 0) is 37.3 Å². The molecule has 2 heterocycles. The molecule has 2 aromatic heterocycles. The minimum Gasteiger partial charge on any atom is -0.346 e. The van der Waals surface area contributed by atoms with Crippen molar-refractivity contribution < 1.29 is 9.59 Å². The number of anilines is 1. The second-order valence-electron chi connectivity index (χ2n) is 5.44. The van der Waals surface area contributed by atoms with E-state index < -0.39 is 0 Å². The minimum absolute atomic E-state index is 0.265. The molecule has 7 heteroatoms. The number of amides is 2. The molecule has 0 aliphatic rings. The first-order valence-electron chi connectivity index (χ1n) is 7.74. The maximum absolute atomic E-state index is 12.4. The van der Waals surface area contributed by atoms with Crippen LogP contribution < -0.4 is 10.6 Å². The summed E-state index contributed by atoms with van der Waals surface area (Å²) in [6, 6.07) is 14.0. The summed E-state index contributed by atoms with van der Waals surface area (Å²) in [4.78, 5) is 28.9. The first-order valence-corrected chi connectivity index (χ1v) is 7.74. The molecule has 3 N–H and O–H groups in total. The van der Waals surface area contributed by atoms with Crippen LogP contribution in [-0.4, -0.2) is 27.0 Å². The van der Waals surface area contributed by atoms with Crippen LogP contribution in [0.5, 0.6) is 0 Å². The number of carbonyl (C=O) groups is 2. The Hall–Kier alpha value is -3.48. The van der Waals surface area contributed by atoms with E-state index in [0.717, 1.165) is 11.4 Å². The molecule has 0 atom stereocenters. The van der Waals surface area contributed by atoms with E-state index in [1.54, 1.807) is 36.5 Å². The third-order valence-electron chi connectivity index (χ3n) is 3.51. The Labute approximate surface area is 144 Å². The number of nitrogens with zero attached hydrogens (tertiary/aromatic N) is 2. The van der Waals surface area contributed by atoms with Crippen LogP contribution in [0.1, 0.15) is 32.2 Å². The zero-order valence-electron chi connectivity index (χ0n) is 13.6. The topological polar surface area (TPSA) is 99.8 Å². The number of H-pyrrole nitrogens is 1. The molecule has 0 aliphatic carbocycles. The molecule has 2 amide bonds. The summed E-state index contributed by atoms with van der Waals surface area (Å²) in [5.41, 5.74) is 2.60. The van der Waals surface area contributed by atoms with Gasteiger partial charge in [0.25, 0.3) is 11.8 Å². The fourth-order valence-corrected chi connectivity index (χ4v) is 2.28. The lowest BCUT2D eigenvalue weighted by Crippen LogP contribution is -2.25. The highest BCUT2D eigenvalue weighted by Gasteiger charge is 2.15. The van der Waals surface area contributed by atoms with Crippen LogP contribution in [0.15, 0.2) is 54.7 Å². The van der Waals surface area contributed by atoms with Gasteiger partial charge in [0.15, 0.2) is 5.69 Å². The molecule has 7 nitrogen and oxygen atoms in total. The van der Waals surface area contributed by atoms with Crippen molar-refractivity contribution in [1.29, 1.82) is 0 Å². The first-order chi connectivity index (χ1) is 12.1. The SMILES string of the molecule is Cc1cc(C(=O)Nc2ccccc2C(=O)NCc2ccccn2)n[nH]1. The van der Waals surface area contributed by atoms with Gasteiger partial charge in [0, 0.05) is 11.9 Å². The maximum Gasteiger partial charge on any atom is 0.276 e. The van der Waals surface area contributed by atoms with Crippen LogP contribution in [0.3, 0.4) is 0 Å². The Bertz CT molecular complexity index is 889. The summed E-state index contributed by atoms with van der Waals surface area (Å²) in [7, 11) is 0. The zero-order valence-corrected chi connectivity index (χ0v) is 13.6. The van der Waals surface area contributed by atoms with Crippen molar-refractivity contribution in [3.63, 3.8) is 0 Å². The summed E-state index contributed by atoms with van der Waals surface area (Å²) >= 11 is 0. The molecule has 0 spiro atoms. The molecule has 0 unspecified atom stereocenters. The van der Waals surface area contributed by atoms with Gasteiger partial charge in [0.2, 0.25) is 0 Å². The van der Waals surface area contributed by atoms with E-state index in [2.05, 4.69) is 25.8 Å². The molecular weight excluding hydrogens is 318 g/mol. The normalized spacial score (nSPS) is 10.3. The van der Waals surface area contributed by atoms with E-state index in [-0.39, 0.29) is 17.5 Å². The zero-order chi connectivity index (χ0) is 17.6. The number of aryl methyl sites for hydroxylation is 1. The summed E-state index contributed by atoms with van der Waals surface area (Å²) in [6.07, 6.45) is 1.67. The summed E-state index contributed by atoms with van der Waals surface area (Å²) in [6.45, 7) is 2.11. The molecule has 0 saturated carbocycles. The summed E-state index contributed by atoms with van der Waals surface area (Å²) in [5.74, 6) is -0.672. The second kappa shape index (κ2) is 7.39. The van der Waals surface area contributed by atoms with E-state index in [1.807, 2.05) is 25.1 Å². The Morgan fingerprint density at radius 3 is 2.60 bits per heavy atom. The van der Waals surface area contributed by atoms with Crippen LogP contribution >= 0.6 is 0 Å². The molecule has 3 rings (SSSR count). The minimum atomic E-state index is -0.380. The molecule has 126 valence electrons. The molecule has 3 aromatic rings.